The summed E-state index contributed by atoms with van der Waals surface area (Å²) in [7, 11) is 3.10. The molecule has 0 aliphatic carbocycles. The zero-order valence-corrected chi connectivity index (χ0v) is 13.4. The molecule has 4 nitrogen and oxygen atoms in total. The number of hydrogen-bond donors (Lipinski definition) is 1. The van der Waals surface area contributed by atoms with Crippen LogP contribution in [0.5, 0.6) is 5.75 Å². The van der Waals surface area contributed by atoms with Gasteiger partial charge in [0.25, 0.3) is 0 Å². The maximum atomic E-state index is 13.6. The molecule has 0 aromatic heterocycles. The largest absolute Gasteiger partial charge is 0.494 e. The third kappa shape index (κ3) is 4.98. The number of benzene rings is 2. The molecule has 2 amide bonds. The highest BCUT2D eigenvalue weighted by Gasteiger charge is 2.10. The predicted molar refractivity (Wildman–Crippen MR) is 88.0 cm³/mol. The lowest BCUT2D eigenvalue weighted by Gasteiger charge is -2.18. The molecule has 0 saturated carbocycles. The summed E-state index contributed by atoms with van der Waals surface area (Å²) in [6.45, 7) is 0.891. The van der Waals surface area contributed by atoms with Gasteiger partial charge in [0.05, 0.1) is 7.11 Å². The van der Waals surface area contributed by atoms with Crippen LogP contribution < -0.4 is 10.1 Å². The molecule has 0 saturated heterocycles. The van der Waals surface area contributed by atoms with Gasteiger partial charge in [0.15, 0.2) is 11.6 Å². The fraction of sp³-hybridized carbons (Fsp3) is 0.278. The molecule has 0 aliphatic heterocycles. The van der Waals surface area contributed by atoms with E-state index in [0.717, 1.165) is 6.42 Å². The summed E-state index contributed by atoms with van der Waals surface area (Å²) in [5.74, 6) is -0.230. The van der Waals surface area contributed by atoms with Crippen molar-refractivity contribution in [1.82, 2.24) is 10.2 Å². The van der Waals surface area contributed by atoms with Gasteiger partial charge in [-0.1, -0.05) is 36.4 Å². The fourth-order valence-corrected chi connectivity index (χ4v) is 2.25. The molecule has 2 rings (SSSR count). The highest BCUT2D eigenvalue weighted by Crippen LogP contribution is 2.18. The van der Waals surface area contributed by atoms with Crippen LogP contribution in [-0.2, 0) is 13.0 Å². The predicted octanol–water partition coefficient (Wildman–Crippen LogP) is 3.22. The van der Waals surface area contributed by atoms with Gasteiger partial charge in [0, 0.05) is 20.1 Å². The van der Waals surface area contributed by atoms with E-state index in [1.54, 1.807) is 19.2 Å². The summed E-state index contributed by atoms with van der Waals surface area (Å²) in [6.07, 6.45) is 0.775. The molecule has 0 aliphatic rings. The molecule has 0 spiro atoms. The number of carbonyl (C=O) groups is 1. The number of nitrogens with one attached hydrogen (secondary N) is 1. The van der Waals surface area contributed by atoms with Gasteiger partial charge >= 0.3 is 6.03 Å². The molecule has 122 valence electrons. The van der Waals surface area contributed by atoms with Crippen molar-refractivity contribution >= 4 is 6.03 Å². The smallest absolute Gasteiger partial charge is 0.317 e. The zero-order chi connectivity index (χ0) is 16.7. The minimum Gasteiger partial charge on any atom is -0.494 e. The van der Waals surface area contributed by atoms with Gasteiger partial charge in [-0.15, -0.1) is 0 Å². The van der Waals surface area contributed by atoms with E-state index in [1.807, 2.05) is 30.3 Å². The lowest BCUT2D eigenvalue weighted by Crippen LogP contribution is -2.37. The van der Waals surface area contributed by atoms with Gasteiger partial charge < -0.3 is 15.0 Å². The number of hydrogen-bond acceptors (Lipinski definition) is 2. The summed E-state index contributed by atoms with van der Waals surface area (Å²) < 4.78 is 18.5. The summed E-state index contributed by atoms with van der Waals surface area (Å²) in [4.78, 5) is 13.6. The second kappa shape index (κ2) is 8.17. The van der Waals surface area contributed by atoms with Crippen LogP contribution in [0.25, 0.3) is 0 Å². The van der Waals surface area contributed by atoms with Crippen molar-refractivity contribution in [2.75, 3.05) is 20.7 Å². The van der Waals surface area contributed by atoms with Gasteiger partial charge in [-0.05, 0) is 29.7 Å². The standard InChI is InChI=1S/C18H21FN2O2/c1-21(13-15-8-9-17(23-2)16(19)12-15)18(22)20-11-10-14-6-4-3-5-7-14/h3-9,12H,10-11,13H2,1-2H3,(H,20,22). The summed E-state index contributed by atoms with van der Waals surface area (Å²) in [6, 6.07) is 14.5. The Labute approximate surface area is 135 Å². The normalized spacial score (nSPS) is 10.2. The lowest BCUT2D eigenvalue weighted by atomic mass is 10.1. The summed E-state index contributed by atoms with van der Waals surface area (Å²) >= 11 is 0. The molecule has 1 N–H and O–H groups in total. The van der Waals surface area contributed by atoms with Crippen molar-refractivity contribution in [2.45, 2.75) is 13.0 Å². The number of rotatable bonds is 6. The summed E-state index contributed by atoms with van der Waals surface area (Å²) in [5.41, 5.74) is 1.89. The average molecular weight is 316 g/mol. The van der Waals surface area contributed by atoms with Gasteiger partial charge in [0.1, 0.15) is 0 Å². The molecule has 2 aromatic rings. The van der Waals surface area contributed by atoms with E-state index in [2.05, 4.69) is 5.32 Å². The monoisotopic (exact) mass is 316 g/mol. The van der Waals surface area contributed by atoms with E-state index < -0.39 is 5.82 Å². The number of amides is 2. The number of urea groups is 1. The maximum absolute atomic E-state index is 13.6. The molecule has 0 atom stereocenters. The van der Waals surface area contributed by atoms with E-state index in [4.69, 9.17) is 4.74 Å². The van der Waals surface area contributed by atoms with E-state index in [1.165, 1.54) is 23.6 Å². The average Bonchev–Trinajstić information content (AvgIpc) is 2.56. The van der Waals surface area contributed by atoms with Crippen LogP contribution in [0.1, 0.15) is 11.1 Å². The molecule has 0 fully saturated rings. The Morgan fingerprint density at radius 1 is 1.17 bits per heavy atom. The Morgan fingerprint density at radius 3 is 2.57 bits per heavy atom. The molecule has 2 aromatic carbocycles. The Morgan fingerprint density at radius 2 is 1.91 bits per heavy atom. The molecule has 23 heavy (non-hydrogen) atoms. The lowest BCUT2D eigenvalue weighted by molar-refractivity contribution is 0.207. The van der Waals surface area contributed by atoms with Crippen LogP contribution in [0.3, 0.4) is 0 Å². The first-order valence-corrected chi connectivity index (χ1v) is 7.45. The summed E-state index contributed by atoms with van der Waals surface area (Å²) in [5, 5.41) is 2.86. The van der Waals surface area contributed by atoms with Gasteiger partial charge in [0.2, 0.25) is 0 Å². The van der Waals surface area contributed by atoms with Gasteiger partial charge in [-0.2, -0.15) is 0 Å². The topological polar surface area (TPSA) is 41.6 Å². The van der Waals surface area contributed by atoms with E-state index in [9.17, 15) is 9.18 Å². The minimum atomic E-state index is -0.428. The third-order valence-electron chi connectivity index (χ3n) is 3.52. The van der Waals surface area contributed by atoms with Gasteiger partial charge in [-0.25, -0.2) is 9.18 Å². The van der Waals surface area contributed by atoms with E-state index in [0.29, 0.717) is 18.7 Å². The van der Waals surface area contributed by atoms with Crippen molar-refractivity contribution in [3.05, 3.63) is 65.5 Å². The second-order valence-corrected chi connectivity index (χ2v) is 5.29. The Bertz CT molecular complexity index is 647. The number of carbonyl (C=O) groups excluding carboxylic acids is 1. The molecule has 5 heteroatoms. The van der Waals surface area contributed by atoms with Crippen LogP contribution in [-0.4, -0.2) is 31.6 Å². The quantitative estimate of drug-likeness (QED) is 0.889. The van der Waals surface area contributed by atoms with Crippen molar-refractivity contribution in [1.29, 1.82) is 0 Å². The maximum Gasteiger partial charge on any atom is 0.317 e. The minimum absolute atomic E-state index is 0.183. The zero-order valence-electron chi connectivity index (χ0n) is 13.4. The molecule has 0 radical (unpaired) electrons. The first-order chi connectivity index (χ1) is 11.1. The Kier molecular flexibility index (Phi) is 5.97. The molecule has 0 unspecified atom stereocenters. The SMILES string of the molecule is COc1ccc(CN(C)C(=O)NCCc2ccccc2)cc1F. The van der Waals surface area contributed by atoms with Crippen LogP contribution in [0.15, 0.2) is 48.5 Å². The van der Waals surface area contributed by atoms with Crippen LogP contribution in [0.2, 0.25) is 0 Å². The Balaban J connectivity index is 1.81. The number of nitrogens with zero attached hydrogens (tertiary/aromatic N) is 1. The van der Waals surface area contributed by atoms with E-state index in [-0.39, 0.29) is 11.8 Å². The number of halogens is 1. The molecule has 0 bridgehead atoms. The van der Waals surface area contributed by atoms with Crippen molar-refractivity contribution in [3.8, 4) is 5.75 Å². The van der Waals surface area contributed by atoms with Crippen molar-refractivity contribution in [2.24, 2.45) is 0 Å². The highest BCUT2D eigenvalue weighted by molar-refractivity contribution is 5.73. The van der Waals surface area contributed by atoms with Crippen molar-refractivity contribution in [3.63, 3.8) is 0 Å². The molecular formula is C18H21FN2O2. The fourth-order valence-electron chi connectivity index (χ4n) is 2.25. The van der Waals surface area contributed by atoms with Gasteiger partial charge in [-0.3, -0.25) is 0 Å². The number of ether oxygens (including phenoxy) is 1. The van der Waals surface area contributed by atoms with Crippen LogP contribution >= 0.6 is 0 Å². The van der Waals surface area contributed by atoms with Crippen LogP contribution in [0.4, 0.5) is 9.18 Å². The first-order valence-electron chi connectivity index (χ1n) is 7.45. The molecule has 0 heterocycles. The van der Waals surface area contributed by atoms with Crippen molar-refractivity contribution < 1.29 is 13.9 Å². The first kappa shape index (κ1) is 16.8. The van der Waals surface area contributed by atoms with E-state index >= 15 is 0 Å². The number of methoxy groups -OCH3 is 1. The van der Waals surface area contributed by atoms with Crippen LogP contribution in [0, 0.1) is 5.82 Å². The Hall–Kier alpha value is -2.56. The highest BCUT2D eigenvalue weighted by atomic mass is 19.1. The third-order valence-corrected chi connectivity index (χ3v) is 3.52. The molecular weight excluding hydrogens is 295 g/mol. The second-order valence-electron chi connectivity index (χ2n) is 5.29.